The van der Waals surface area contributed by atoms with Gasteiger partial charge in [-0.05, 0) is 47.8 Å². The Morgan fingerprint density at radius 1 is 1.21 bits per heavy atom. The van der Waals surface area contributed by atoms with E-state index in [1.807, 2.05) is 6.07 Å². The summed E-state index contributed by atoms with van der Waals surface area (Å²) in [5.41, 5.74) is 1.28. The summed E-state index contributed by atoms with van der Waals surface area (Å²) >= 11 is 0. The Hall–Kier alpha value is -1.05. The summed E-state index contributed by atoms with van der Waals surface area (Å²) in [4.78, 5) is 0. The summed E-state index contributed by atoms with van der Waals surface area (Å²) in [6.07, 6.45) is 3.52. The van der Waals surface area contributed by atoms with Crippen LogP contribution in [-0.2, 0) is 5.41 Å². The molecule has 1 fully saturated rings. The molecule has 106 valence electrons. The van der Waals surface area contributed by atoms with Gasteiger partial charge in [0.2, 0.25) is 0 Å². The molecule has 1 nitrogen and oxygen atoms in total. The lowest BCUT2D eigenvalue weighted by Crippen LogP contribution is -2.16. The first-order valence-corrected chi connectivity index (χ1v) is 7.13. The SMILES string of the molecule is CC1(C)CCC(Oc2cc(F)cc(C(C)(C)C)c2)C1. The van der Waals surface area contributed by atoms with E-state index in [-0.39, 0.29) is 17.3 Å². The van der Waals surface area contributed by atoms with Gasteiger partial charge in [0.1, 0.15) is 11.6 Å². The second-order valence-electron chi connectivity index (χ2n) is 7.57. The molecular weight excluding hydrogens is 239 g/mol. The fourth-order valence-corrected chi connectivity index (χ4v) is 2.73. The molecule has 0 bridgehead atoms. The summed E-state index contributed by atoms with van der Waals surface area (Å²) in [6, 6.07) is 5.08. The van der Waals surface area contributed by atoms with Crippen LogP contribution in [0.25, 0.3) is 0 Å². The van der Waals surface area contributed by atoms with Gasteiger partial charge in [0, 0.05) is 6.07 Å². The van der Waals surface area contributed by atoms with Crippen LogP contribution < -0.4 is 4.74 Å². The molecular formula is C17H25FO. The van der Waals surface area contributed by atoms with E-state index in [1.165, 1.54) is 12.5 Å². The zero-order valence-electron chi connectivity index (χ0n) is 12.7. The molecule has 0 amide bonds. The van der Waals surface area contributed by atoms with Crippen LogP contribution in [0.1, 0.15) is 59.4 Å². The Balaban J connectivity index is 2.15. The Morgan fingerprint density at radius 3 is 2.42 bits per heavy atom. The fraction of sp³-hybridized carbons (Fsp3) is 0.647. The van der Waals surface area contributed by atoms with Gasteiger partial charge < -0.3 is 4.74 Å². The molecule has 1 saturated carbocycles. The van der Waals surface area contributed by atoms with Crippen molar-refractivity contribution in [3.8, 4) is 5.75 Å². The van der Waals surface area contributed by atoms with Crippen molar-refractivity contribution in [2.45, 2.75) is 65.4 Å². The van der Waals surface area contributed by atoms with Crippen LogP contribution in [0.4, 0.5) is 4.39 Å². The molecule has 19 heavy (non-hydrogen) atoms. The molecule has 0 aromatic heterocycles. The molecule has 2 rings (SSSR count). The first-order chi connectivity index (χ1) is 8.66. The van der Waals surface area contributed by atoms with Crippen molar-refractivity contribution in [3.63, 3.8) is 0 Å². The maximum Gasteiger partial charge on any atom is 0.127 e. The molecule has 1 unspecified atom stereocenters. The van der Waals surface area contributed by atoms with Crippen molar-refractivity contribution in [2.75, 3.05) is 0 Å². The van der Waals surface area contributed by atoms with E-state index in [4.69, 9.17) is 4.74 Å². The van der Waals surface area contributed by atoms with Crippen LogP contribution >= 0.6 is 0 Å². The van der Waals surface area contributed by atoms with Crippen molar-refractivity contribution in [3.05, 3.63) is 29.6 Å². The molecule has 1 aromatic carbocycles. The van der Waals surface area contributed by atoms with Gasteiger partial charge in [-0.15, -0.1) is 0 Å². The minimum absolute atomic E-state index is 0.0604. The Bertz CT molecular complexity index is 457. The highest BCUT2D eigenvalue weighted by Gasteiger charge is 2.32. The molecule has 0 spiro atoms. The van der Waals surface area contributed by atoms with Gasteiger partial charge in [0.15, 0.2) is 0 Å². The summed E-state index contributed by atoms with van der Waals surface area (Å²) in [6.45, 7) is 10.8. The van der Waals surface area contributed by atoms with Gasteiger partial charge in [-0.3, -0.25) is 0 Å². The highest BCUT2D eigenvalue weighted by molar-refractivity contribution is 5.33. The predicted molar refractivity (Wildman–Crippen MR) is 77.1 cm³/mol. The van der Waals surface area contributed by atoms with Crippen LogP contribution in [0, 0.1) is 11.2 Å². The minimum Gasteiger partial charge on any atom is -0.490 e. The lowest BCUT2D eigenvalue weighted by Gasteiger charge is -2.22. The van der Waals surface area contributed by atoms with Gasteiger partial charge in [-0.2, -0.15) is 0 Å². The Kier molecular flexibility index (Phi) is 3.63. The van der Waals surface area contributed by atoms with Gasteiger partial charge in [-0.25, -0.2) is 4.39 Å². The van der Waals surface area contributed by atoms with E-state index in [0.29, 0.717) is 11.2 Å². The van der Waals surface area contributed by atoms with Gasteiger partial charge in [-0.1, -0.05) is 34.6 Å². The summed E-state index contributed by atoms with van der Waals surface area (Å²) in [5, 5.41) is 0. The number of rotatable bonds is 2. The van der Waals surface area contributed by atoms with Crippen molar-refractivity contribution in [2.24, 2.45) is 5.41 Å². The monoisotopic (exact) mass is 264 g/mol. The molecule has 1 atom stereocenters. The highest BCUT2D eigenvalue weighted by Crippen LogP contribution is 2.39. The lowest BCUT2D eigenvalue weighted by molar-refractivity contribution is 0.192. The second-order valence-corrected chi connectivity index (χ2v) is 7.57. The zero-order valence-corrected chi connectivity index (χ0v) is 12.7. The molecule has 0 N–H and O–H groups in total. The normalized spacial score (nSPS) is 22.5. The number of benzene rings is 1. The van der Waals surface area contributed by atoms with E-state index in [0.717, 1.165) is 18.4 Å². The van der Waals surface area contributed by atoms with Crippen molar-refractivity contribution in [1.82, 2.24) is 0 Å². The molecule has 1 aliphatic rings. The minimum atomic E-state index is -0.209. The molecule has 1 aromatic rings. The maximum absolute atomic E-state index is 13.7. The topological polar surface area (TPSA) is 9.23 Å². The predicted octanol–water partition coefficient (Wildman–Crippen LogP) is 5.08. The second kappa shape index (κ2) is 4.81. The summed E-state index contributed by atoms with van der Waals surface area (Å²) in [5.74, 6) is 0.465. The average Bonchev–Trinajstić information content (AvgIpc) is 2.55. The average molecular weight is 264 g/mol. The lowest BCUT2D eigenvalue weighted by atomic mass is 9.87. The van der Waals surface area contributed by atoms with Gasteiger partial charge in [0.25, 0.3) is 0 Å². The highest BCUT2D eigenvalue weighted by atomic mass is 19.1. The molecule has 0 aliphatic heterocycles. The third-order valence-corrected chi connectivity index (χ3v) is 3.96. The van der Waals surface area contributed by atoms with Crippen LogP contribution in [0.2, 0.25) is 0 Å². The Morgan fingerprint density at radius 2 is 1.89 bits per heavy atom. The largest absolute Gasteiger partial charge is 0.490 e. The van der Waals surface area contributed by atoms with E-state index in [2.05, 4.69) is 34.6 Å². The standard InChI is InChI=1S/C17H25FO/c1-16(2,3)12-8-13(18)10-15(9-12)19-14-6-7-17(4,5)11-14/h8-10,14H,6-7,11H2,1-5H3. The third-order valence-electron chi connectivity index (χ3n) is 3.96. The summed E-state index contributed by atoms with van der Waals surface area (Å²) in [7, 11) is 0. The number of ether oxygens (including phenoxy) is 1. The fourth-order valence-electron chi connectivity index (χ4n) is 2.73. The number of halogens is 1. The smallest absolute Gasteiger partial charge is 0.127 e. The molecule has 0 radical (unpaired) electrons. The van der Waals surface area contributed by atoms with E-state index < -0.39 is 0 Å². The van der Waals surface area contributed by atoms with Crippen LogP contribution in [0.15, 0.2) is 18.2 Å². The molecule has 0 saturated heterocycles. The number of hydrogen-bond acceptors (Lipinski definition) is 1. The van der Waals surface area contributed by atoms with Crippen LogP contribution in [0.3, 0.4) is 0 Å². The van der Waals surface area contributed by atoms with E-state index in [1.54, 1.807) is 6.07 Å². The van der Waals surface area contributed by atoms with Crippen molar-refractivity contribution in [1.29, 1.82) is 0 Å². The van der Waals surface area contributed by atoms with Gasteiger partial charge in [0.05, 0.1) is 6.10 Å². The number of hydrogen-bond donors (Lipinski definition) is 0. The van der Waals surface area contributed by atoms with Crippen LogP contribution in [-0.4, -0.2) is 6.10 Å². The van der Waals surface area contributed by atoms with Gasteiger partial charge >= 0.3 is 0 Å². The van der Waals surface area contributed by atoms with Crippen LogP contribution in [0.5, 0.6) is 5.75 Å². The van der Waals surface area contributed by atoms with E-state index >= 15 is 0 Å². The summed E-state index contributed by atoms with van der Waals surface area (Å²) < 4.78 is 19.7. The zero-order chi connectivity index (χ0) is 14.3. The van der Waals surface area contributed by atoms with Crippen molar-refractivity contribution >= 4 is 0 Å². The molecule has 0 heterocycles. The first kappa shape index (κ1) is 14.4. The third kappa shape index (κ3) is 3.71. The first-order valence-electron chi connectivity index (χ1n) is 7.13. The van der Waals surface area contributed by atoms with Crippen molar-refractivity contribution < 1.29 is 9.13 Å². The quantitative estimate of drug-likeness (QED) is 0.723. The Labute approximate surface area is 116 Å². The van der Waals surface area contributed by atoms with E-state index in [9.17, 15) is 4.39 Å². The maximum atomic E-state index is 13.7. The molecule has 2 heteroatoms. The molecule has 1 aliphatic carbocycles.